The van der Waals surface area contributed by atoms with Gasteiger partial charge in [-0.15, -0.1) is 11.3 Å². The number of thiophene rings is 1. The Kier molecular flexibility index (Phi) is 5.59. The van der Waals surface area contributed by atoms with E-state index in [9.17, 15) is 9.59 Å². The number of amides is 1. The highest BCUT2D eigenvalue weighted by atomic mass is 79.9. The van der Waals surface area contributed by atoms with E-state index in [1.807, 2.05) is 18.2 Å². The third-order valence-corrected chi connectivity index (χ3v) is 6.20. The van der Waals surface area contributed by atoms with Gasteiger partial charge in [0.15, 0.2) is 0 Å². The van der Waals surface area contributed by atoms with Crippen LogP contribution < -0.4 is 5.32 Å². The molecule has 1 N–H and O–H groups in total. The molecule has 0 radical (unpaired) electrons. The van der Waals surface area contributed by atoms with Gasteiger partial charge >= 0.3 is 5.97 Å². The van der Waals surface area contributed by atoms with Crippen LogP contribution in [0.4, 0.5) is 5.00 Å². The van der Waals surface area contributed by atoms with Crippen molar-refractivity contribution < 1.29 is 14.3 Å². The van der Waals surface area contributed by atoms with Gasteiger partial charge in [0.2, 0.25) is 0 Å². The first-order chi connectivity index (χ1) is 12.0. The number of fused-ring (bicyclic) bond motifs is 1. The first-order valence-corrected chi connectivity index (χ1v) is 9.99. The fraction of sp³-hybridized carbons (Fsp3) is 0.368. The van der Waals surface area contributed by atoms with Crippen molar-refractivity contribution in [3.63, 3.8) is 0 Å². The highest BCUT2D eigenvalue weighted by Crippen LogP contribution is 2.40. The summed E-state index contributed by atoms with van der Waals surface area (Å²) in [5.74, 6) is 0.00895. The molecule has 0 bridgehead atoms. The molecule has 25 heavy (non-hydrogen) atoms. The second kappa shape index (κ2) is 7.70. The standard InChI is InChI=1S/C19H20BrNO3S/c1-3-24-19(23)16-13-9-8-11(2)10-15(13)25-18(16)21-17(22)12-6-4-5-7-14(12)20/h4-7,11H,3,8-10H2,1-2H3,(H,21,22)/t11-/m1/s1. The molecule has 1 aliphatic rings. The molecule has 1 atom stereocenters. The molecule has 1 aromatic heterocycles. The van der Waals surface area contributed by atoms with Gasteiger partial charge in [-0.3, -0.25) is 4.79 Å². The molecular formula is C19H20BrNO3S. The lowest BCUT2D eigenvalue weighted by Gasteiger charge is -2.18. The lowest BCUT2D eigenvalue weighted by atomic mass is 9.88. The third kappa shape index (κ3) is 3.80. The van der Waals surface area contributed by atoms with E-state index in [1.165, 1.54) is 16.2 Å². The van der Waals surface area contributed by atoms with E-state index in [-0.39, 0.29) is 11.9 Å². The number of nitrogens with one attached hydrogen (secondary N) is 1. The summed E-state index contributed by atoms with van der Waals surface area (Å²) in [6.45, 7) is 4.32. The van der Waals surface area contributed by atoms with Crippen molar-refractivity contribution in [1.82, 2.24) is 0 Å². The Bertz CT molecular complexity index is 815. The summed E-state index contributed by atoms with van der Waals surface area (Å²) in [6.07, 6.45) is 2.84. The van der Waals surface area contributed by atoms with Crippen molar-refractivity contribution in [3.8, 4) is 0 Å². The second-order valence-corrected chi connectivity index (χ2v) is 8.17. The quantitative estimate of drug-likeness (QED) is 0.701. The highest BCUT2D eigenvalue weighted by Gasteiger charge is 2.29. The molecule has 0 saturated carbocycles. The number of carbonyl (C=O) groups is 2. The monoisotopic (exact) mass is 421 g/mol. The number of hydrogen-bond acceptors (Lipinski definition) is 4. The highest BCUT2D eigenvalue weighted by molar-refractivity contribution is 9.10. The Labute approximate surface area is 159 Å². The van der Waals surface area contributed by atoms with E-state index in [0.29, 0.717) is 28.7 Å². The Hall–Kier alpha value is -1.66. The van der Waals surface area contributed by atoms with Crippen LogP contribution in [0.25, 0.3) is 0 Å². The smallest absolute Gasteiger partial charge is 0.341 e. The first kappa shape index (κ1) is 18.1. The maximum absolute atomic E-state index is 12.7. The average Bonchev–Trinajstić information content (AvgIpc) is 2.92. The van der Waals surface area contributed by atoms with Gasteiger partial charge in [0.25, 0.3) is 5.91 Å². The molecule has 1 amide bonds. The van der Waals surface area contributed by atoms with E-state index in [4.69, 9.17) is 4.74 Å². The van der Waals surface area contributed by atoms with Crippen LogP contribution in [0, 0.1) is 5.92 Å². The summed E-state index contributed by atoms with van der Waals surface area (Å²) >= 11 is 4.90. The minimum atomic E-state index is -0.350. The summed E-state index contributed by atoms with van der Waals surface area (Å²) in [6, 6.07) is 7.24. The molecule has 132 valence electrons. The molecule has 0 saturated heterocycles. The van der Waals surface area contributed by atoms with Crippen molar-refractivity contribution in [2.24, 2.45) is 5.92 Å². The first-order valence-electron chi connectivity index (χ1n) is 8.38. The van der Waals surface area contributed by atoms with E-state index < -0.39 is 0 Å². The number of halogens is 1. The van der Waals surface area contributed by atoms with E-state index in [2.05, 4.69) is 28.2 Å². The van der Waals surface area contributed by atoms with Crippen molar-refractivity contribution >= 4 is 44.1 Å². The molecule has 4 nitrogen and oxygen atoms in total. The van der Waals surface area contributed by atoms with Crippen LogP contribution in [0.5, 0.6) is 0 Å². The largest absolute Gasteiger partial charge is 0.462 e. The summed E-state index contributed by atoms with van der Waals surface area (Å²) < 4.78 is 5.96. The lowest BCUT2D eigenvalue weighted by molar-refractivity contribution is 0.0526. The molecule has 3 rings (SSSR count). The number of anilines is 1. The van der Waals surface area contributed by atoms with E-state index >= 15 is 0 Å². The summed E-state index contributed by atoms with van der Waals surface area (Å²) in [5.41, 5.74) is 2.12. The van der Waals surface area contributed by atoms with Crippen LogP contribution in [-0.2, 0) is 17.6 Å². The summed E-state index contributed by atoms with van der Waals surface area (Å²) in [4.78, 5) is 26.3. The number of hydrogen-bond donors (Lipinski definition) is 1. The van der Waals surface area contributed by atoms with Crippen LogP contribution in [0.3, 0.4) is 0 Å². The third-order valence-electron chi connectivity index (χ3n) is 4.34. The number of benzene rings is 1. The molecule has 2 aromatic rings. The molecular weight excluding hydrogens is 402 g/mol. The fourth-order valence-corrected chi connectivity index (χ4v) is 4.93. The maximum atomic E-state index is 12.7. The number of carbonyl (C=O) groups excluding carboxylic acids is 2. The normalized spacial score (nSPS) is 16.2. The summed E-state index contributed by atoms with van der Waals surface area (Å²) in [7, 11) is 0. The van der Waals surface area contributed by atoms with Gasteiger partial charge in [0, 0.05) is 9.35 Å². The SMILES string of the molecule is CCOC(=O)c1c(NC(=O)c2ccccc2Br)sc2c1CC[C@@H](C)C2. The Morgan fingerprint density at radius 2 is 2.12 bits per heavy atom. The molecule has 0 fully saturated rings. The van der Waals surface area contributed by atoms with Crippen LogP contribution in [-0.4, -0.2) is 18.5 Å². The van der Waals surface area contributed by atoms with Crippen LogP contribution >= 0.6 is 27.3 Å². The predicted octanol–water partition coefficient (Wildman–Crippen LogP) is 5.06. The number of esters is 1. The van der Waals surface area contributed by atoms with Gasteiger partial charge in [-0.25, -0.2) is 4.79 Å². The number of ether oxygens (including phenoxy) is 1. The van der Waals surface area contributed by atoms with Gasteiger partial charge in [-0.05, 0) is 65.7 Å². The topological polar surface area (TPSA) is 55.4 Å². The number of rotatable bonds is 4. The van der Waals surface area contributed by atoms with Gasteiger partial charge in [-0.2, -0.15) is 0 Å². The van der Waals surface area contributed by atoms with Crippen molar-refractivity contribution in [1.29, 1.82) is 0 Å². The van der Waals surface area contributed by atoms with Gasteiger partial charge in [0.1, 0.15) is 5.00 Å². The molecule has 0 aliphatic heterocycles. The minimum Gasteiger partial charge on any atom is -0.462 e. The van der Waals surface area contributed by atoms with Crippen molar-refractivity contribution in [3.05, 3.63) is 50.3 Å². The lowest BCUT2D eigenvalue weighted by Crippen LogP contribution is -2.17. The maximum Gasteiger partial charge on any atom is 0.341 e. The van der Waals surface area contributed by atoms with E-state index in [0.717, 1.165) is 29.3 Å². The van der Waals surface area contributed by atoms with Gasteiger partial charge < -0.3 is 10.1 Å². The van der Waals surface area contributed by atoms with Crippen LogP contribution in [0.1, 0.15) is 51.4 Å². The molecule has 1 heterocycles. The molecule has 6 heteroatoms. The zero-order valence-corrected chi connectivity index (χ0v) is 16.6. The Morgan fingerprint density at radius 1 is 1.36 bits per heavy atom. The minimum absolute atomic E-state index is 0.232. The average molecular weight is 422 g/mol. The van der Waals surface area contributed by atoms with Crippen molar-refractivity contribution in [2.45, 2.75) is 33.1 Å². The predicted molar refractivity (Wildman–Crippen MR) is 104 cm³/mol. The van der Waals surface area contributed by atoms with Crippen LogP contribution in [0.2, 0.25) is 0 Å². The van der Waals surface area contributed by atoms with E-state index in [1.54, 1.807) is 13.0 Å². The van der Waals surface area contributed by atoms with Crippen LogP contribution in [0.15, 0.2) is 28.7 Å². The zero-order valence-electron chi connectivity index (χ0n) is 14.2. The zero-order chi connectivity index (χ0) is 18.0. The molecule has 1 aliphatic carbocycles. The fourth-order valence-electron chi connectivity index (χ4n) is 3.07. The summed E-state index contributed by atoms with van der Waals surface area (Å²) in [5, 5.41) is 3.52. The van der Waals surface area contributed by atoms with Gasteiger partial charge in [-0.1, -0.05) is 19.1 Å². The molecule has 1 aromatic carbocycles. The molecule has 0 spiro atoms. The Morgan fingerprint density at radius 3 is 2.84 bits per heavy atom. The Balaban J connectivity index is 1.96. The second-order valence-electron chi connectivity index (χ2n) is 6.21. The van der Waals surface area contributed by atoms with Crippen molar-refractivity contribution in [2.75, 3.05) is 11.9 Å². The van der Waals surface area contributed by atoms with Gasteiger partial charge in [0.05, 0.1) is 17.7 Å². The molecule has 0 unspecified atom stereocenters.